The SMILES string of the molecule is C=CC(=O)N1CCN(C2=C(C#N)C(O)N(c3c(C)ccnc3C(C)C)c3nc(-c4c(O)c(Cl)c(F)c(Cl)c4Cl)c(Cl)cc32)C[C@H]1C. The maximum Gasteiger partial charge on any atom is 0.246 e. The molecular weight excluding hydrogens is 677 g/mol. The summed E-state index contributed by atoms with van der Waals surface area (Å²) in [6, 6.07) is 5.25. The first-order chi connectivity index (χ1) is 21.7. The number of halogens is 5. The number of hydrogen-bond donors (Lipinski definition) is 2. The Kier molecular flexibility index (Phi) is 9.47. The number of piperazine rings is 1. The minimum Gasteiger partial charge on any atom is -0.506 e. The van der Waals surface area contributed by atoms with Crippen molar-refractivity contribution in [2.24, 2.45) is 0 Å². The molecule has 240 valence electrons. The first-order valence-electron chi connectivity index (χ1n) is 14.3. The zero-order chi connectivity index (χ0) is 33.8. The summed E-state index contributed by atoms with van der Waals surface area (Å²) in [5.74, 6) is -1.99. The van der Waals surface area contributed by atoms with Crippen molar-refractivity contribution in [2.45, 2.75) is 45.9 Å². The average Bonchev–Trinajstić information content (AvgIpc) is 3.02. The van der Waals surface area contributed by atoms with E-state index in [1.807, 2.05) is 32.6 Å². The lowest BCUT2D eigenvalue weighted by Crippen LogP contribution is -2.54. The largest absolute Gasteiger partial charge is 0.506 e. The molecular formula is C32H29Cl4FN6O3. The van der Waals surface area contributed by atoms with Crippen molar-refractivity contribution in [3.8, 4) is 23.1 Å². The summed E-state index contributed by atoms with van der Waals surface area (Å²) < 4.78 is 14.6. The Morgan fingerprint density at radius 2 is 1.91 bits per heavy atom. The lowest BCUT2D eigenvalue weighted by molar-refractivity contribution is -0.129. The van der Waals surface area contributed by atoms with Gasteiger partial charge >= 0.3 is 0 Å². The lowest BCUT2D eigenvalue weighted by Gasteiger charge is -2.45. The monoisotopic (exact) mass is 704 g/mol. The molecule has 0 radical (unpaired) electrons. The van der Waals surface area contributed by atoms with E-state index < -0.39 is 27.8 Å². The first-order valence-corrected chi connectivity index (χ1v) is 15.8. The fourth-order valence-corrected chi connectivity index (χ4v) is 6.89. The van der Waals surface area contributed by atoms with Gasteiger partial charge in [0.2, 0.25) is 5.91 Å². The van der Waals surface area contributed by atoms with Crippen LogP contribution in [0.4, 0.5) is 15.9 Å². The number of aliphatic hydroxyl groups is 1. The van der Waals surface area contributed by atoms with E-state index in [9.17, 15) is 24.7 Å². The molecule has 9 nitrogen and oxygen atoms in total. The second-order valence-corrected chi connectivity index (χ2v) is 12.9. The third kappa shape index (κ3) is 5.44. The van der Waals surface area contributed by atoms with Crippen LogP contribution in [0.5, 0.6) is 5.75 Å². The number of hydrogen-bond acceptors (Lipinski definition) is 8. The van der Waals surface area contributed by atoms with Gasteiger partial charge in [0.1, 0.15) is 28.2 Å². The standard InChI is InChI=1S/C32H29Cl4FN6O3/c1-6-20(44)42-10-9-41(13-16(42)5)29-17-11-19(33)27(21-22(34)23(35)25(37)24(36)30(21)45)40-31(17)43(32(46)18(29)12-38)28-15(4)7-8-39-26(28)14(2)3/h6-8,11,14,16,32,45-46H,1,9-10,13H2,2-5H3/t16-,32?/m1/s1. The number of nitriles is 1. The summed E-state index contributed by atoms with van der Waals surface area (Å²) in [6.07, 6.45) is 1.37. The van der Waals surface area contributed by atoms with E-state index in [-0.39, 0.29) is 50.6 Å². The highest BCUT2D eigenvalue weighted by Crippen LogP contribution is 2.51. The molecule has 2 N–H and O–H groups in total. The molecule has 5 rings (SSSR count). The molecule has 1 amide bonds. The zero-order valence-corrected chi connectivity index (χ0v) is 28.3. The number of phenols is 1. The van der Waals surface area contributed by atoms with Gasteiger partial charge < -0.3 is 20.0 Å². The number of benzene rings is 1. The second-order valence-electron chi connectivity index (χ2n) is 11.3. The van der Waals surface area contributed by atoms with Crippen LogP contribution >= 0.6 is 46.4 Å². The Morgan fingerprint density at radius 3 is 2.52 bits per heavy atom. The lowest BCUT2D eigenvalue weighted by atomic mass is 9.94. The number of rotatable bonds is 5. The van der Waals surface area contributed by atoms with Crippen molar-refractivity contribution >= 4 is 69.5 Å². The summed E-state index contributed by atoms with van der Waals surface area (Å²) in [7, 11) is 0. The number of carbonyl (C=O) groups excluding carboxylic acids is 1. The van der Waals surface area contributed by atoms with Crippen LogP contribution in [0.25, 0.3) is 17.0 Å². The van der Waals surface area contributed by atoms with Crippen molar-refractivity contribution in [1.82, 2.24) is 19.8 Å². The van der Waals surface area contributed by atoms with E-state index in [2.05, 4.69) is 17.6 Å². The highest BCUT2D eigenvalue weighted by Gasteiger charge is 2.41. The molecule has 46 heavy (non-hydrogen) atoms. The molecule has 2 aliphatic heterocycles. The smallest absolute Gasteiger partial charge is 0.246 e. The maximum atomic E-state index is 14.6. The molecule has 1 saturated heterocycles. The highest BCUT2D eigenvalue weighted by atomic mass is 35.5. The molecule has 0 bridgehead atoms. The summed E-state index contributed by atoms with van der Waals surface area (Å²) in [4.78, 5) is 27.0. The van der Waals surface area contributed by atoms with Crippen molar-refractivity contribution in [1.29, 1.82) is 5.26 Å². The number of fused-ring (bicyclic) bond motifs is 1. The number of nitrogens with zero attached hydrogens (tertiary/aromatic N) is 6. The van der Waals surface area contributed by atoms with Crippen molar-refractivity contribution in [3.05, 3.63) is 79.3 Å². The Hall–Kier alpha value is -3.59. The van der Waals surface area contributed by atoms with Gasteiger partial charge in [0.25, 0.3) is 0 Å². The van der Waals surface area contributed by atoms with E-state index in [4.69, 9.17) is 51.4 Å². The summed E-state index contributed by atoms with van der Waals surface area (Å²) in [6.45, 7) is 12.2. The van der Waals surface area contributed by atoms with Gasteiger partial charge in [0, 0.05) is 37.4 Å². The van der Waals surface area contributed by atoms with Gasteiger partial charge in [-0.1, -0.05) is 66.8 Å². The number of aromatic hydroxyl groups is 1. The number of aliphatic hydroxyl groups excluding tert-OH is 1. The summed E-state index contributed by atoms with van der Waals surface area (Å²) >= 11 is 25.5. The normalized spacial score (nSPS) is 18.2. The first kappa shape index (κ1) is 33.8. The summed E-state index contributed by atoms with van der Waals surface area (Å²) in [5, 5.41) is 31.9. The van der Waals surface area contributed by atoms with Crippen molar-refractivity contribution < 1.29 is 19.4 Å². The van der Waals surface area contributed by atoms with Crippen LogP contribution in [0.3, 0.4) is 0 Å². The molecule has 1 aromatic carbocycles. The molecule has 1 unspecified atom stereocenters. The topological polar surface area (TPSA) is 117 Å². The third-order valence-corrected chi connectivity index (χ3v) is 9.60. The molecule has 14 heteroatoms. The number of carbonyl (C=O) groups is 1. The van der Waals surface area contributed by atoms with Gasteiger partial charge in [-0.05, 0) is 43.5 Å². The minimum absolute atomic E-state index is 0.0265. The zero-order valence-electron chi connectivity index (χ0n) is 25.2. The average molecular weight is 706 g/mol. The number of phenolic OH excluding ortho intramolecular Hbond substituents is 1. The van der Waals surface area contributed by atoms with E-state index in [1.165, 1.54) is 11.0 Å². The van der Waals surface area contributed by atoms with Crippen LogP contribution in [0.15, 0.2) is 36.6 Å². The van der Waals surface area contributed by atoms with Gasteiger partial charge in [-0.15, -0.1) is 0 Å². The Balaban J connectivity index is 1.83. The number of pyridine rings is 2. The number of anilines is 2. The van der Waals surface area contributed by atoms with Crippen molar-refractivity contribution in [3.63, 3.8) is 0 Å². The molecule has 4 heterocycles. The molecule has 2 aliphatic rings. The van der Waals surface area contributed by atoms with E-state index >= 15 is 0 Å². The van der Waals surface area contributed by atoms with Gasteiger partial charge in [-0.2, -0.15) is 5.26 Å². The fourth-order valence-electron chi connectivity index (χ4n) is 5.95. The molecule has 2 atom stereocenters. The van der Waals surface area contributed by atoms with Crippen LogP contribution in [-0.4, -0.2) is 67.8 Å². The highest BCUT2D eigenvalue weighted by molar-refractivity contribution is 6.46. The number of aromatic nitrogens is 2. The predicted octanol–water partition coefficient (Wildman–Crippen LogP) is 7.46. The molecule has 1 fully saturated rings. The van der Waals surface area contributed by atoms with Crippen LogP contribution in [0, 0.1) is 24.1 Å². The molecule has 0 spiro atoms. The van der Waals surface area contributed by atoms with Gasteiger partial charge in [-0.25, -0.2) is 9.37 Å². The number of amides is 1. The Bertz CT molecular complexity index is 1830. The maximum absolute atomic E-state index is 14.6. The van der Waals surface area contributed by atoms with E-state index in [0.29, 0.717) is 42.3 Å². The molecule has 2 aromatic heterocycles. The van der Waals surface area contributed by atoms with Gasteiger partial charge in [-0.3, -0.25) is 14.7 Å². The Labute approximate surface area is 285 Å². The third-order valence-electron chi connectivity index (χ3n) is 8.14. The fraction of sp³-hybridized carbons (Fsp3) is 0.312. The summed E-state index contributed by atoms with van der Waals surface area (Å²) in [5.41, 5.74) is 2.36. The minimum atomic E-state index is -1.54. The van der Waals surface area contributed by atoms with Crippen LogP contribution in [0.1, 0.15) is 43.5 Å². The number of aryl methyl sites for hydroxylation is 1. The van der Waals surface area contributed by atoms with E-state index in [1.54, 1.807) is 23.2 Å². The molecule has 0 aliphatic carbocycles. The molecule has 0 saturated carbocycles. The second kappa shape index (κ2) is 12.9. The van der Waals surface area contributed by atoms with Crippen LogP contribution in [-0.2, 0) is 4.79 Å². The van der Waals surface area contributed by atoms with Gasteiger partial charge in [0.15, 0.2) is 12.0 Å². The van der Waals surface area contributed by atoms with Crippen LogP contribution in [0.2, 0.25) is 20.1 Å². The Morgan fingerprint density at radius 1 is 1.22 bits per heavy atom. The molecule has 3 aromatic rings. The predicted molar refractivity (Wildman–Crippen MR) is 178 cm³/mol. The van der Waals surface area contributed by atoms with Crippen molar-refractivity contribution in [2.75, 3.05) is 24.5 Å². The van der Waals surface area contributed by atoms with Gasteiger partial charge in [0.05, 0.1) is 43.4 Å². The van der Waals surface area contributed by atoms with E-state index in [0.717, 1.165) is 5.56 Å². The van der Waals surface area contributed by atoms with Crippen LogP contribution < -0.4 is 4.90 Å². The quantitative estimate of drug-likeness (QED) is 0.160.